The number of nitrogens with zero attached hydrogens (tertiary/aromatic N) is 2. The summed E-state index contributed by atoms with van der Waals surface area (Å²) in [7, 11) is -1.73. The molecule has 1 aromatic carbocycles. The van der Waals surface area contributed by atoms with E-state index in [-0.39, 0.29) is 19.2 Å². The molecule has 10 heteroatoms. The largest absolute Gasteiger partial charge is 0.495 e. The SMILES string of the molecule is COc1ccccc1N1CCN(C2C(CNS(C)(=O)=O)OC(CO)C2O)CC1. The van der Waals surface area contributed by atoms with Crippen LogP contribution in [0.5, 0.6) is 5.75 Å². The minimum absolute atomic E-state index is 0.0593. The molecule has 2 heterocycles. The van der Waals surface area contributed by atoms with Crippen LogP contribution >= 0.6 is 0 Å². The molecule has 0 bridgehead atoms. The fourth-order valence-electron chi connectivity index (χ4n) is 3.98. The molecule has 0 radical (unpaired) electrons. The monoisotopic (exact) mass is 415 g/mol. The predicted molar refractivity (Wildman–Crippen MR) is 105 cm³/mol. The summed E-state index contributed by atoms with van der Waals surface area (Å²) >= 11 is 0. The Balaban J connectivity index is 1.68. The highest BCUT2D eigenvalue weighted by Crippen LogP contribution is 2.31. The van der Waals surface area contributed by atoms with Crippen molar-refractivity contribution in [1.29, 1.82) is 0 Å². The first kappa shape index (κ1) is 21.3. The second-order valence-corrected chi connectivity index (χ2v) is 9.03. The van der Waals surface area contributed by atoms with E-state index in [0.717, 1.165) is 30.8 Å². The predicted octanol–water partition coefficient (Wildman–Crippen LogP) is -1.14. The lowest BCUT2D eigenvalue weighted by molar-refractivity contribution is -0.0201. The first-order valence-corrected chi connectivity index (χ1v) is 11.2. The zero-order valence-corrected chi connectivity index (χ0v) is 17.0. The maximum atomic E-state index is 11.5. The molecule has 0 aliphatic carbocycles. The Kier molecular flexibility index (Phi) is 6.79. The van der Waals surface area contributed by atoms with E-state index in [1.807, 2.05) is 24.3 Å². The molecular formula is C18H29N3O6S. The molecule has 4 atom stereocenters. The normalized spacial score (nSPS) is 29.2. The summed E-state index contributed by atoms with van der Waals surface area (Å²) in [5.74, 6) is 0.816. The average Bonchev–Trinajstić information content (AvgIpc) is 3.01. The summed E-state index contributed by atoms with van der Waals surface area (Å²) in [5.41, 5.74) is 1.02. The lowest BCUT2D eigenvalue weighted by atomic mass is 10.0. The summed E-state index contributed by atoms with van der Waals surface area (Å²) < 4.78 is 36.5. The van der Waals surface area contributed by atoms with Gasteiger partial charge in [-0.05, 0) is 12.1 Å². The van der Waals surface area contributed by atoms with E-state index in [1.165, 1.54) is 0 Å². The first-order chi connectivity index (χ1) is 13.3. The summed E-state index contributed by atoms with van der Waals surface area (Å²) in [6.45, 7) is 2.57. The molecule has 0 saturated carbocycles. The van der Waals surface area contributed by atoms with Crippen LogP contribution in [0.25, 0.3) is 0 Å². The highest BCUT2D eigenvalue weighted by atomic mass is 32.2. The van der Waals surface area contributed by atoms with Crippen molar-refractivity contribution >= 4 is 15.7 Å². The molecule has 28 heavy (non-hydrogen) atoms. The second kappa shape index (κ2) is 8.93. The molecular weight excluding hydrogens is 386 g/mol. The van der Waals surface area contributed by atoms with Gasteiger partial charge in [0.1, 0.15) is 18.0 Å². The van der Waals surface area contributed by atoms with Crippen LogP contribution in [-0.4, -0.2) is 101 Å². The van der Waals surface area contributed by atoms with Crippen molar-refractivity contribution in [2.45, 2.75) is 24.4 Å². The van der Waals surface area contributed by atoms with Crippen LogP contribution in [-0.2, 0) is 14.8 Å². The number of methoxy groups -OCH3 is 1. The maximum absolute atomic E-state index is 11.5. The van der Waals surface area contributed by atoms with Crippen LogP contribution in [0.2, 0.25) is 0 Å². The van der Waals surface area contributed by atoms with E-state index in [2.05, 4.69) is 14.5 Å². The minimum Gasteiger partial charge on any atom is -0.495 e. The second-order valence-electron chi connectivity index (χ2n) is 7.19. The molecule has 1 aromatic rings. The molecule has 3 rings (SSSR count). The molecule has 2 aliphatic rings. The lowest BCUT2D eigenvalue weighted by Gasteiger charge is -2.41. The molecule has 2 saturated heterocycles. The highest BCUT2D eigenvalue weighted by molar-refractivity contribution is 7.88. The Labute approximate surface area is 165 Å². The Hall–Kier alpha value is -1.43. The number of hydrogen-bond donors (Lipinski definition) is 3. The molecule has 2 fully saturated rings. The lowest BCUT2D eigenvalue weighted by Crippen LogP contribution is -2.57. The van der Waals surface area contributed by atoms with Gasteiger partial charge in [0.15, 0.2) is 0 Å². The number of aliphatic hydroxyl groups excluding tert-OH is 2. The van der Waals surface area contributed by atoms with Gasteiger partial charge in [0.25, 0.3) is 0 Å². The van der Waals surface area contributed by atoms with Crippen LogP contribution in [0.1, 0.15) is 0 Å². The topological polar surface area (TPSA) is 112 Å². The Morgan fingerprint density at radius 2 is 1.89 bits per heavy atom. The zero-order chi connectivity index (χ0) is 20.3. The highest BCUT2D eigenvalue weighted by Gasteiger charge is 2.46. The third-order valence-electron chi connectivity index (χ3n) is 5.35. The van der Waals surface area contributed by atoms with Crippen LogP contribution in [0.15, 0.2) is 24.3 Å². The number of nitrogens with one attached hydrogen (secondary N) is 1. The number of anilines is 1. The molecule has 4 unspecified atom stereocenters. The number of benzene rings is 1. The molecule has 158 valence electrons. The van der Waals surface area contributed by atoms with Crippen molar-refractivity contribution < 1.29 is 28.1 Å². The van der Waals surface area contributed by atoms with Gasteiger partial charge in [0.05, 0.1) is 37.8 Å². The van der Waals surface area contributed by atoms with Crippen LogP contribution in [0, 0.1) is 0 Å². The van der Waals surface area contributed by atoms with Crippen molar-refractivity contribution in [3.63, 3.8) is 0 Å². The third-order valence-corrected chi connectivity index (χ3v) is 6.04. The first-order valence-electron chi connectivity index (χ1n) is 9.35. The quantitative estimate of drug-likeness (QED) is 0.512. The minimum atomic E-state index is -3.37. The van der Waals surface area contributed by atoms with E-state index >= 15 is 0 Å². The number of ether oxygens (including phenoxy) is 2. The van der Waals surface area contributed by atoms with Gasteiger partial charge in [-0.15, -0.1) is 0 Å². The molecule has 0 spiro atoms. The van der Waals surface area contributed by atoms with Crippen molar-refractivity contribution in [2.75, 3.05) is 57.6 Å². The summed E-state index contributed by atoms with van der Waals surface area (Å²) in [6.07, 6.45) is -1.04. The number of sulfonamides is 1. The third kappa shape index (κ3) is 4.76. The van der Waals surface area contributed by atoms with Gasteiger partial charge >= 0.3 is 0 Å². The molecule has 9 nitrogen and oxygen atoms in total. The number of hydrogen-bond acceptors (Lipinski definition) is 8. The van der Waals surface area contributed by atoms with Gasteiger partial charge in [0.2, 0.25) is 10.0 Å². The van der Waals surface area contributed by atoms with E-state index in [4.69, 9.17) is 9.47 Å². The van der Waals surface area contributed by atoms with E-state index in [0.29, 0.717) is 13.1 Å². The van der Waals surface area contributed by atoms with Crippen molar-refractivity contribution in [1.82, 2.24) is 9.62 Å². The molecule has 3 N–H and O–H groups in total. The van der Waals surface area contributed by atoms with E-state index in [1.54, 1.807) is 7.11 Å². The Morgan fingerprint density at radius 1 is 1.21 bits per heavy atom. The molecule has 2 aliphatic heterocycles. The number of rotatable bonds is 7. The van der Waals surface area contributed by atoms with E-state index in [9.17, 15) is 18.6 Å². The van der Waals surface area contributed by atoms with Crippen molar-refractivity contribution in [2.24, 2.45) is 0 Å². The van der Waals surface area contributed by atoms with Crippen LogP contribution in [0.4, 0.5) is 5.69 Å². The number of aliphatic hydroxyl groups is 2. The summed E-state index contributed by atoms with van der Waals surface area (Å²) in [4.78, 5) is 4.34. The summed E-state index contributed by atoms with van der Waals surface area (Å²) in [5, 5.41) is 20.1. The standard InChI is InChI=1S/C18H29N3O6S/c1-26-14-6-4-3-5-13(14)20-7-9-21(10-8-20)17-15(11-19-28(2,24)25)27-16(12-22)18(17)23/h3-6,15-19,22-23H,7-12H2,1-2H3. The Morgan fingerprint density at radius 3 is 2.50 bits per heavy atom. The Bertz CT molecular complexity index is 753. The summed E-state index contributed by atoms with van der Waals surface area (Å²) in [6, 6.07) is 7.46. The maximum Gasteiger partial charge on any atom is 0.208 e. The van der Waals surface area contributed by atoms with Gasteiger partial charge in [-0.1, -0.05) is 12.1 Å². The van der Waals surface area contributed by atoms with Gasteiger partial charge in [-0.25, -0.2) is 13.1 Å². The van der Waals surface area contributed by atoms with Crippen LogP contribution in [0.3, 0.4) is 0 Å². The molecule has 0 aromatic heterocycles. The van der Waals surface area contributed by atoms with Gasteiger partial charge in [-0.3, -0.25) is 4.90 Å². The van der Waals surface area contributed by atoms with Crippen molar-refractivity contribution in [3.05, 3.63) is 24.3 Å². The smallest absolute Gasteiger partial charge is 0.208 e. The average molecular weight is 416 g/mol. The van der Waals surface area contributed by atoms with Gasteiger partial charge < -0.3 is 24.6 Å². The number of para-hydroxylation sites is 2. The fourth-order valence-corrected chi connectivity index (χ4v) is 4.45. The van der Waals surface area contributed by atoms with E-state index < -0.39 is 28.3 Å². The van der Waals surface area contributed by atoms with Crippen molar-refractivity contribution in [3.8, 4) is 5.75 Å². The van der Waals surface area contributed by atoms with Crippen LogP contribution < -0.4 is 14.4 Å². The van der Waals surface area contributed by atoms with Gasteiger partial charge in [0, 0.05) is 32.7 Å². The zero-order valence-electron chi connectivity index (χ0n) is 16.2. The fraction of sp³-hybridized carbons (Fsp3) is 0.667. The molecule has 0 amide bonds. The number of piperazine rings is 1. The van der Waals surface area contributed by atoms with Gasteiger partial charge in [-0.2, -0.15) is 0 Å².